The highest BCUT2D eigenvalue weighted by atomic mass is 16.5. The van der Waals surface area contributed by atoms with Crippen LogP contribution in [0.15, 0.2) is 0 Å². The monoisotopic (exact) mass is 202 g/mol. The minimum atomic E-state index is -0.0986. The summed E-state index contributed by atoms with van der Waals surface area (Å²) in [7, 11) is 1.64. The lowest BCUT2D eigenvalue weighted by molar-refractivity contribution is -0.144. The van der Waals surface area contributed by atoms with Gasteiger partial charge >= 0.3 is 5.97 Å². The molecule has 0 heterocycles. The molecule has 0 aliphatic heterocycles. The first-order chi connectivity index (χ1) is 6.81. The summed E-state index contributed by atoms with van der Waals surface area (Å²) in [5.74, 6) is -0.0986. The van der Waals surface area contributed by atoms with Crippen LogP contribution in [0.2, 0.25) is 0 Å². The molecule has 0 amide bonds. The third kappa shape index (κ3) is 9.52. The van der Waals surface area contributed by atoms with E-state index in [0.717, 1.165) is 19.3 Å². The Kier molecular flexibility index (Phi) is 10.1. The van der Waals surface area contributed by atoms with Gasteiger partial charge in [-0.25, -0.2) is 0 Å². The average Bonchev–Trinajstić information content (AvgIpc) is 2.18. The molecule has 0 N–H and O–H groups in total. The van der Waals surface area contributed by atoms with Gasteiger partial charge in [-0.05, 0) is 12.8 Å². The van der Waals surface area contributed by atoms with Crippen LogP contribution in [-0.2, 0) is 14.3 Å². The van der Waals surface area contributed by atoms with Gasteiger partial charge in [0.2, 0.25) is 0 Å². The van der Waals surface area contributed by atoms with Crippen molar-refractivity contribution >= 4 is 5.97 Å². The molecule has 0 aromatic rings. The van der Waals surface area contributed by atoms with Gasteiger partial charge < -0.3 is 9.47 Å². The van der Waals surface area contributed by atoms with Crippen molar-refractivity contribution in [3.05, 3.63) is 0 Å². The van der Waals surface area contributed by atoms with Crippen molar-refractivity contribution in [1.29, 1.82) is 0 Å². The quantitative estimate of drug-likeness (QED) is 0.426. The highest BCUT2D eigenvalue weighted by Gasteiger charge is 2.01. The molecule has 0 saturated carbocycles. The fourth-order valence-electron chi connectivity index (χ4n) is 1.15. The van der Waals surface area contributed by atoms with E-state index in [1.54, 1.807) is 7.11 Å². The molecule has 0 saturated heterocycles. The van der Waals surface area contributed by atoms with Crippen LogP contribution in [0, 0.1) is 0 Å². The van der Waals surface area contributed by atoms with Gasteiger partial charge in [-0.15, -0.1) is 0 Å². The maximum Gasteiger partial charge on any atom is 0.305 e. The predicted molar refractivity (Wildman–Crippen MR) is 56.2 cm³/mol. The van der Waals surface area contributed by atoms with Crippen molar-refractivity contribution in [1.82, 2.24) is 0 Å². The van der Waals surface area contributed by atoms with Crippen LogP contribution < -0.4 is 0 Å². The molecular weight excluding hydrogens is 180 g/mol. The van der Waals surface area contributed by atoms with E-state index >= 15 is 0 Å². The molecule has 0 spiro atoms. The topological polar surface area (TPSA) is 35.5 Å². The third-order valence-electron chi connectivity index (χ3n) is 1.99. The summed E-state index contributed by atoms with van der Waals surface area (Å²) < 4.78 is 9.88. The molecule has 0 aliphatic rings. The van der Waals surface area contributed by atoms with Gasteiger partial charge in [-0.1, -0.05) is 26.2 Å². The van der Waals surface area contributed by atoms with E-state index in [1.807, 2.05) is 0 Å². The SMILES string of the molecule is CCCCCCOC(=O)CCCOC. The summed E-state index contributed by atoms with van der Waals surface area (Å²) in [6.07, 6.45) is 5.81. The smallest absolute Gasteiger partial charge is 0.305 e. The van der Waals surface area contributed by atoms with Gasteiger partial charge in [-0.2, -0.15) is 0 Å². The second-order valence-corrected chi connectivity index (χ2v) is 3.38. The van der Waals surface area contributed by atoms with Gasteiger partial charge in [0.25, 0.3) is 0 Å². The fraction of sp³-hybridized carbons (Fsp3) is 0.909. The summed E-state index contributed by atoms with van der Waals surface area (Å²) in [4.78, 5) is 11.1. The van der Waals surface area contributed by atoms with Crippen LogP contribution in [0.3, 0.4) is 0 Å². The Hall–Kier alpha value is -0.570. The Morgan fingerprint density at radius 2 is 1.86 bits per heavy atom. The number of rotatable bonds is 9. The molecule has 0 radical (unpaired) electrons. The van der Waals surface area contributed by atoms with E-state index in [-0.39, 0.29) is 5.97 Å². The minimum absolute atomic E-state index is 0.0986. The summed E-state index contributed by atoms with van der Waals surface area (Å²) in [5.41, 5.74) is 0. The van der Waals surface area contributed by atoms with Crippen molar-refractivity contribution in [3.8, 4) is 0 Å². The molecule has 0 rings (SSSR count). The number of hydrogen-bond donors (Lipinski definition) is 0. The van der Waals surface area contributed by atoms with E-state index < -0.39 is 0 Å². The number of unbranched alkanes of at least 4 members (excludes halogenated alkanes) is 3. The molecule has 3 nitrogen and oxygen atoms in total. The number of carbonyl (C=O) groups is 1. The van der Waals surface area contributed by atoms with Gasteiger partial charge in [-0.3, -0.25) is 4.79 Å². The zero-order chi connectivity index (χ0) is 10.6. The largest absolute Gasteiger partial charge is 0.466 e. The molecule has 3 heteroatoms. The van der Waals surface area contributed by atoms with Crippen molar-refractivity contribution in [2.75, 3.05) is 20.3 Å². The number of esters is 1. The molecule has 14 heavy (non-hydrogen) atoms. The van der Waals surface area contributed by atoms with Crippen LogP contribution >= 0.6 is 0 Å². The van der Waals surface area contributed by atoms with Crippen molar-refractivity contribution in [3.63, 3.8) is 0 Å². The lowest BCUT2D eigenvalue weighted by Crippen LogP contribution is -2.06. The Morgan fingerprint density at radius 3 is 2.50 bits per heavy atom. The van der Waals surface area contributed by atoms with Gasteiger partial charge in [0.15, 0.2) is 0 Å². The molecule has 0 bridgehead atoms. The summed E-state index contributed by atoms with van der Waals surface area (Å²) in [6, 6.07) is 0. The lowest BCUT2D eigenvalue weighted by Gasteiger charge is -2.03. The number of methoxy groups -OCH3 is 1. The molecular formula is C11H22O3. The number of ether oxygens (including phenoxy) is 2. The number of hydrogen-bond acceptors (Lipinski definition) is 3. The maximum absolute atomic E-state index is 11.1. The van der Waals surface area contributed by atoms with E-state index in [9.17, 15) is 4.79 Å². The first kappa shape index (κ1) is 13.4. The number of carbonyl (C=O) groups excluding carboxylic acids is 1. The van der Waals surface area contributed by atoms with Crippen LogP contribution in [0.25, 0.3) is 0 Å². The Morgan fingerprint density at radius 1 is 1.07 bits per heavy atom. The van der Waals surface area contributed by atoms with Gasteiger partial charge in [0, 0.05) is 20.1 Å². The Bertz CT molecular complexity index is 134. The maximum atomic E-state index is 11.1. The Balaban J connectivity index is 3.10. The van der Waals surface area contributed by atoms with Crippen LogP contribution in [0.1, 0.15) is 45.4 Å². The van der Waals surface area contributed by atoms with Gasteiger partial charge in [0.1, 0.15) is 0 Å². The minimum Gasteiger partial charge on any atom is -0.466 e. The first-order valence-corrected chi connectivity index (χ1v) is 5.45. The van der Waals surface area contributed by atoms with Crippen molar-refractivity contribution < 1.29 is 14.3 Å². The normalized spacial score (nSPS) is 10.1. The molecule has 0 aromatic heterocycles. The fourth-order valence-corrected chi connectivity index (χ4v) is 1.15. The molecule has 0 aromatic carbocycles. The standard InChI is InChI=1S/C11H22O3/c1-3-4-5-6-10-14-11(12)8-7-9-13-2/h3-10H2,1-2H3. The first-order valence-electron chi connectivity index (χ1n) is 5.45. The summed E-state index contributed by atoms with van der Waals surface area (Å²) in [6.45, 7) is 3.37. The average molecular weight is 202 g/mol. The zero-order valence-electron chi connectivity index (χ0n) is 9.38. The molecule has 0 unspecified atom stereocenters. The zero-order valence-corrected chi connectivity index (χ0v) is 9.38. The van der Waals surface area contributed by atoms with E-state index in [2.05, 4.69) is 6.92 Å². The summed E-state index contributed by atoms with van der Waals surface area (Å²) in [5, 5.41) is 0. The highest BCUT2D eigenvalue weighted by Crippen LogP contribution is 2.00. The van der Waals surface area contributed by atoms with Crippen molar-refractivity contribution in [2.45, 2.75) is 45.4 Å². The second-order valence-electron chi connectivity index (χ2n) is 3.38. The highest BCUT2D eigenvalue weighted by molar-refractivity contribution is 5.69. The molecule has 0 atom stereocenters. The second kappa shape index (κ2) is 10.5. The molecule has 0 aliphatic carbocycles. The van der Waals surface area contributed by atoms with Crippen LogP contribution in [-0.4, -0.2) is 26.3 Å². The van der Waals surface area contributed by atoms with Gasteiger partial charge in [0.05, 0.1) is 6.61 Å². The van der Waals surface area contributed by atoms with E-state index in [0.29, 0.717) is 19.6 Å². The lowest BCUT2D eigenvalue weighted by atomic mass is 10.2. The van der Waals surface area contributed by atoms with E-state index in [4.69, 9.17) is 9.47 Å². The van der Waals surface area contributed by atoms with Crippen LogP contribution in [0.5, 0.6) is 0 Å². The Labute approximate surface area is 86.8 Å². The molecule has 0 fully saturated rings. The molecule has 84 valence electrons. The third-order valence-corrected chi connectivity index (χ3v) is 1.99. The summed E-state index contributed by atoms with van der Waals surface area (Å²) >= 11 is 0. The van der Waals surface area contributed by atoms with Crippen molar-refractivity contribution in [2.24, 2.45) is 0 Å². The predicted octanol–water partition coefficient (Wildman–Crippen LogP) is 2.54. The van der Waals surface area contributed by atoms with E-state index in [1.165, 1.54) is 12.8 Å². The van der Waals surface area contributed by atoms with Crippen LogP contribution in [0.4, 0.5) is 0 Å².